The number of thiophene rings is 1. The van der Waals surface area contributed by atoms with Gasteiger partial charge in [-0.15, -0.1) is 11.3 Å². The zero-order chi connectivity index (χ0) is 13.6. The Morgan fingerprint density at radius 2 is 2.32 bits per heavy atom. The second-order valence-corrected chi connectivity index (χ2v) is 5.75. The SMILES string of the molecule is COc1cc(C)c2c(N)c(C(=O)NC3CC3)sc2n1. The van der Waals surface area contributed by atoms with Crippen molar-refractivity contribution in [1.82, 2.24) is 10.3 Å². The van der Waals surface area contributed by atoms with Crippen LogP contribution >= 0.6 is 11.3 Å². The maximum Gasteiger partial charge on any atom is 0.263 e. The zero-order valence-electron chi connectivity index (χ0n) is 10.8. The second-order valence-electron chi connectivity index (χ2n) is 4.75. The summed E-state index contributed by atoms with van der Waals surface area (Å²) < 4.78 is 5.14. The van der Waals surface area contributed by atoms with Crippen molar-refractivity contribution < 1.29 is 9.53 Å². The fourth-order valence-corrected chi connectivity index (χ4v) is 3.10. The largest absolute Gasteiger partial charge is 0.481 e. The lowest BCUT2D eigenvalue weighted by Gasteiger charge is -2.03. The molecular formula is C13H15N3O2S. The van der Waals surface area contributed by atoms with Crippen molar-refractivity contribution in [3.05, 3.63) is 16.5 Å². The Hall–Kier alpha value is -1.82. The van der Waals surface area contributed by atoms with Crippen molar-refractivity contribution in [2.24, 2.45) is 0 Å². The van der Waals surface area contributed by atoms with Crippen LogP contribution in [0.4, 0.5) is 5.69 Å². The van der Waals surface area contributed by atoms with Crippen molar-refractivity contribution in [3.63, 3.8) is 0 Å². The van der Waals surface area contributed by atoms with E-state index in [0.29, 0.717) is 22.5 Å². The molecule has 1 amide bonds. The van der Waals surface area contributed by atoms with Gasteiger partial charge in [0.05, 0.1) is 12.8 Å². The highest BCUT2D eigenvalue weighted by Crippen LogP contribution is 2.36. The maximum absolute atomic E-state index is 12.1. The topological polar surface area (TPSA) is 77.2 Å². The molecular weight excluding hydrogens is 262 g/mol. The Labute approximate surface area is 114 Å². The van der Waals surface area contributed by atoms with E-state index in [1.807, 2.05) is 13.0 Å². The molecule has 2 aromatic heterocycles. The summed E-state index contributed by atoms with van der Waals surface area (Å²) in [5.74, 6) is 0.446. The number of ether oxygens (including phenoxy) is 1. The summed E-state index contributed by atoms with van der Waals surface area (Å²) in [5.41, 5.74) is 7.59. The minimum absolute atomic E-state index is 0.0960. The van der Waals surface area contributed by atoms with Crippen LogP contribution in [0.3, 0.4) is 0 Å². The standard InChI is InChI=1S/C13H15N3O2S/c1-6-5-8(18-2)16-13-9(6)10(14)11(19-13)12(17)15-7-3-4-7/h5,7H,3-4,14H2,1-2H3,(H,15,17). The summed E-state index contributed by atoms with van der Waals surface area (Å²) in [4.78, 5) is 17.8. The van der Waals surface area contributed by atoms with Crippen LogP contribution in [0, 0.1) is 6.92 Å². The van der Waals surface area contributed by atoms with Crippen LogP contribution in [-0.2, 0) is 0 Å². The van der Waals surface area contributed by atoms with Gasteiger partial charge in [0.15, 0.2) is 0 Å². The van der Waals surface area contributed by atoms with E-state index in [0.717, 1.165) is 28.6 Å². The van der Waals surface area contributed by atoms with Crippen LogP contribution in [0.15, 0.2) is 6.07 Å². The number of amides is 1. The highest BCUT2D eigenvalue weighted by atomic mass is 32.1. The summed E-state index contributed by atoms with van der Waals surface area (Å²) in [6.45, 7) is 1.94. The number of fused-ring (bicyclic) bond motifs is 1. The van der Waals surface area contributed by atoms with Gasteiger partial charge < -0.3 is 15.8 Å². The molecule has 0 spiro atoms. The first-order valence-electron chi connectivity index (χ1n) is 6.14. The number of nitrogen functional groups attached to an aromatic ring is 1. The Morgan fingerprint density at radius 3 is 2.95 bits per heavy atom. The number of carbonyl (C=O) groups excluding carboxylic acids is 1. The zero-order valence-corrected chi connectivity index (χ0v) is 11.6. The van der Waals surface area contributed by atoms with Gasteiger partial charge >= 0.3 is 0 Å². The fraction of sp³-hybridized carbons (Fsp3) is 0.385. The van der Waals surface area contributed by atoms with E-state index in [1.165, 1.54) is 11.3 Å². The molecule has 19 heavy (non-hydrogen) atoms. The molecule has 1 aliphatic rings. The highest BCUT2D eigenvalue weighted by Gasteiger charge is 2.26. The van der Waals surface area contributed by atoms with Crippen molar-refractivity contribution in [2.45, 2.75) is 25.8 Å². The van der Waals surface area contributed by atoms with Crippen LogP contribution in [-0.4, -0.2) is 24.0 Å². The minimum atomic E-state index is -0.0960. The number of methoxy groups -OCH3 is 1. The van der Waals surface area contributed by atoms with E-state index in [1.54, 1.807) is 7.11 Å². The number of rotatable bonds is 3. The number of aromatic nitrogens is 1. The second kappa shape index (κ2) is 4.38. The van der Waals surface area contributed by atoms with Gasteiger partial charge in [0, 0.05) is 17.5 Å². The van der Waals surface area contributed by atoms with E-state index in [9.17, 15) is 4.79 Å². The van der Waals surface area contributed by atoms with E-state index >= 15 is 0 Å². The normalized spacial score (nSPS) is 14.6. The van der Waals surface area contributed by atoms with Gasteiger partial charge in [-0.3, -0.25) is 4.79 Å². The third-order valence-electron chi connectivity index (χ3n) is 3.20. The molecule has 3 N–H and O–H groups in total. The van der Waals surface area contributed by atoms with Crippen molar-refractivity contribution in [3.8, 4) is 5.88 Å². The minimum Gasteiger partial charge on any atom is -0.481 e. The summed E-state index contributed by atoms with van der Waals surface area (Å²) >= 11 is 1.32. The van der Waals surface area contributed by atoms with Crippen molar-refractivity contribution in [1.29, 1.82) is 0 Å². The number of hydrogen-bond acceptors (Lipinski definition) is 5. The third-order valence-corrected chi connectivity index (χ3v) is 4.30. The number of pyridine rings is 1. The van der Waals surface area contributed by atoms with E-state index in [2.05, 4.69) is 10.3 Å². The molecule has 0 atom stereocenters. The van der Waals surface area contributed by atoms with Gasteiger partial charge in [-0.1, -0.05) is 0 Å². The van der Waals surface area contributed by atoms with Gasteiger partial charge in [0.1, 0.15) is 9.71 Å². The number of anilines is 1. The summed E-state index contributed by atoms with van der Waals surface area (Å²) in [6.07, 6.45) is 2.11. The molecule has 6 heteroatoms. The predicted octanol–water partition coefficient (Wildman–Crippen LogP) is 2.09. The monoisotopic (exact) mass is 277 g/mol. The molecule has 0 aliphatic heterocycles. The molecule has 1 fully saturated rings. The van der Waals surface area contributed by atoms with Gasteiger partial charge in [0.25, 0.3) is 5.91 Å². The molecule has 2 heterocycles. The van der Waals surface area contributed by atoms with E-state index < -0.39 is 0 Å². The quantitative estimate of drug-likeness (QED) is 0.900. The maximum atomic E-state index is 12.1. The van der Waals surface area contributed by atoms with Gasteiger partial charge in [-0.05, 0) is 25.3 Å². The molecule has 1 aliphatic carbocycles. The van der Waals surface area contributed by atoms with Crippen LogP contribution in [0.2, 0.25) is 0 Å². The molecule has 100 valence electrons. The Morgan fingerprint density at radius 1 is 1.58 bits per heavy atom. The lowest BCUT2D eigenvalue weighted by molar-refractivity contribution is 0.0956. The van der Waals surface area contributed by atoms with Crippen LogP contribution < -0.4 is 15.8 Å². The first-order chi connectivity index (χ1) is 9.10. The van der Waals surface area contributed by atoms with E-state index in [4.69, 9.17) is 10.5 Å². The molecule has 0 aromatic carbocycles. The highest BCUT2D eigenvalue weighted by molar-refractivity contribution is 7.21. The number of aryl methyl sites for hydroxylation is 1. The smallest absolute Gasteiger partial charge is 0.263 e. The predicted molar refractivity (Wildman–Crippen MR) is 75.8 cm³/mol. The third kappa shape index (κ3) is 2.12. The summed E-state index contributed by atoms with van der Waals surface area (Å²) in [5, 5.41) is 3.81. The number of nitrogens with zero attached hydrogens (tertiary/aromatic N) is 1. The Kier molecular flexibility index (Phi) is 2.82. The van der Waals surface area contributed by atoms with Crippen LogP contribution in [0.1, 0.15) is 28.1 Å². The summed E-state index contributed by atoms with van der Waals surface area (Å²) in [7, 11) is 1.57. The number of nitrogens with two attached hydrogens (primary N) is 1. The molecule has 0 saturated heterocycles. The number of hydrogen-bond donors (Lipinski definition) is 2. The Balaban J connectivity index is 2.08. The molecule has 1 saturated carbocycles. The van der Waals surface area contributed by atoms with Gasteiger partial charge in [0.2, 0.25) is 5.88 Å². The van der Waals surface area contributed by atoms with Gasteiger partial charge in [-0.2, -0.15) is 0 Å². The fourth-order valence-electron chi connectivity index (χ4n) is 2.03. The molecule has 0 radical (unpaired) electrons. The molecule has 2 aromatic rings. The van der Waals surface area contributed by atoms with Crippen molar-refractivity contribution in [2.75, 3.05) is 12.8 Å². The number of carbonyl (C=O) groups is 1. The lowest BCUT2D eigenvalue weighted by atomic mass is 10.1. The first kappa shape index (κ1) is 12.2. The molecule has 0 bridgehead atoms. The van der Waals surface area contributed by atoms with Crippen LogP contribution in [0.5, 0.6) is 5.88 Å². The van der Waals surface area contributed by atoms with Gasteiger partial charge in [-0.25, -0.2) is 4.98 Å². The molecule has 5 nitrogen and oxygen atoms in total. The van der Waals surface area contributed by atoms with Crippen LogP contribution in [0.25, 0.3) is 10.2 Å². The Bertz CT molecular complexity index is 661. The molecule has 3 rings (SSSR count). The number of nitrogens with one attached hydrogen (secondary N) is 1. The summed E-state index contributed by atoms with van der Waals surface area (Å²) in [6, 6.07) is 2.15. The van der Waals surface area contributed by atoms with Crippen molar-refractivity contribution >= 4 is 33.1 Å². The lowest BCUT2D eigenvalue weighted by Crippen LogP contribution is -2.25. The average molecular weight is 277 g/mol. The molecule has 0 unspecified atom stereocenters. The average Bonchev–Trinajstić information content (AvgIpc) is 3.12. The van der Waals surface area contributed by atoms with E-state index in [-0.39, 0.29) is 5.91 Å². The first-order valence-corrected chi connectivity index (χ1v) is 6.96.